The first kappa shape index (κ1) is 15.8. The van der Waals surface area contributed by atoms with Gasteiger partial charge in [-0.15, -0.1) is 11.3 Å². The lowest BCUT2D eigenvalue weighted by Gasteiger charge is -2.24. The Hall–Kier alpha value is -2.08. The number of rotatable bonds is 3. The molecule has 2 heterocycles. The molecule has 122 valence electrons. The average molecular weight is 331 g/mol. The number of ether oxygens (including phenoxy) is 1. The predicted octanol–water partition coefficient (Wildman–Crippen LogP) is 4.05. The van der Waals surface area contributed by atoms with E-state index in [1.807, 2.05) is 44.5 Å². The van der Waals surface area contributed by atoms with Gasteiger partial charge in [0.05, 0.1) is 12.2 Å². The van der Waals surface area contributed by atoms with Gasteiger partial charge in [-0.3, -0.25) is 4.90 Å². The standard InChI is InChI=1S/C17H21N3O2S/c1-17(2,3)22-16(21)20-8-6-12-10-13(4-5-14(12)20)19-11-15-18-7-9-23-15/h4-5,7,9-10,19H,6,8,11H2,1-3H3. The van der Waals surface area contributed by atoms with E-state index in [9.17, 15) is 4.79 Å². The first-order valence-electron chi connectivity index (χ1n) is 7.68. The van der Waals surface area contributed by atoms with E-state index in [2.05, 4.69) is 16.4 Å². The van der Waals surface area contributed by atoms with E-state index in [-0.39, 0.29) is 6.09 Å². The van der Waals surface area contributed by atoms with Crippen LogP contribution < -0.4 is 10.2 Å². The zero-order valence-electron chi connectivity index (χ0n) is 13.6. The zero-order valence-corrected chi connectivity index (χ0v) is 14.4. The van der Waals surface area contributed by atoms with E-state index in [4.69, 9.17) is 4.74 Å². The van der Waals surface area contributed by atoms with Crippen molar-refractivity contribution in [3.8, 4) is 0 Å². The summed E-state index contributed by atoms with van der Waals surface area (Å²) >= 11 is 1.63. The van der Waals surface area contributed by atoms with Crippen LogP contribution in [0.2, 0.25) is 0 Å². The second kappa shape index (κ2) is 6.20. The molecule has 0 atom stereocenters. The number of hydrogen-bond acceptors (Lipinski definition) is 5. The van der Waals surface area contributed by atoms with Crippen molar-refractivity contribution in [1.82, 2.24) is 4.98 Å². The van der Waals surface area contributed by atoms with Crippen molar-refractivity contribution in [3.05, 3.63) is 40.3 Å². The Morgan fingerprint density at radius 1 is 1.43 bits per heavy atom. The van der Waals surface area contributed by atoms with Crippen LogP contribution in [0.1, 0.15) is 31.3 Å². The summed E-state index contributed by atoms with van der Waals surface area (Å²) in [6.07, 6.45) is 2.38. The van der Waals surface area contributed by atoms with Crippen LogP contribution in [0, 0.1) is 0 Å². The number of carbonyl (C=O) groups is 1. The van der Waals surface area contributed by atoms with Gasteiger partial charge in [0.2, 0.25) is 0 Å². The minimum absolute atomic E-state index is 0.278. The SMILES string of the molecule is CC(C)(C)OC(=O)N1CCc2cc(NCc3nccs3)ccc21. The number of nitrogens with one attached hydrogen (secondary N) is 1. The first-order chi connectivity index (χ1) is 10.9. The topological polar surface area (TPSA) is 54.5 Å². The number of benzene rings is 1. The number of fused-ring (bicyclic) bond motifs is 1. The lowest BCUT2D eigenvalue weighted by atomic mass is 10.1. The minimum Gasteiger partial charge on any atom is -0.443 e. The average Bonchev–Trinajstić information content (AvgIpc) is 3.12. The maximum atomic E-state index is 12.3. The van der Waals surface area contributed by atoms with Crippen LogP contribution >= 0.6 is 11.3 Å². The maximum absolute atomic E-state index is 12.3. The highest BCUT2D eigenvalue weighted by Crippen LogP contribution is 2.31. The van der Waals surface area contributed by atoms with Crippen LogP contribution in [0.4, 0.5) is 16.2 Å². The molecule has 1 aliphatic heterocycles. The van der Waals surface area contributed by atoms with E-state index in [1.165, 1.54) is 5.56 Å². The van der Waals surface area contributed by atoms with Crippen molar-refractivity contribution in [2.24, 2.45) is 0 Å². The normalized spacial score (nSPS) is 13.8. The highest BCUT2D eigenvalue weighted by molar-refractivity contribution is 7.09. The molecule has 23 heavy (non-hydrogen) atoms. The fraction of sp³-hybridized carbons (Fsp3) is 0.412. The van der Waals surface area contributed by atoms with E-state index >= 15 is 0 Å². The van der Waals surface area contributed by atoms with E-state index < -0.39 is 5.60 Å². The summed E-state index contributed by atoms with van der Waals surface area (Å²) in [5.41, 5.74) is 2.68. The Balaban J connectivity index is 1.68. The molecule has 0 saturated carbocycles. The first-order valence-corrected chi connectivity index (χ1v) is 8.56. The van der Waals surface area contributed by atoms with Gasteiger partial charge in [-0.25, -0.2) is 9.78 Å². The molecule has 0 spiro atoms. The summed E-state index contributed by atoms with van der Waals surface area (Å²) in [5.74, 6) is 0. The summed E-state index contributed by atoms with van der Waals surface area (Å²) in [6.45, 7) is 7.03. The number of amides is 1. The Morgan fingerprint density at radius 3 is 2.96 bits per heavy atom. The summed E-state index contributed by atoms with van der Waals surface area (Å²) in [6, 6.07) is 6.08. The lowest BCUT2D eigenvalue weighted by molar-refractivity contribution is 0.0584. The van der Waals surface area contributed by atoms with Crippen LogP contribution in [0.25, 0.3) is 0 Å². The summed E-state index contributed by atoms with van der Waals surface area (Å²) in [7, 11) is 0. The quantitative estimate of drug-likeness (QED) is 0.922. The van der Waals surface area contributed by atoms with Crippen molar-refractivity contribution in [2.45, 2.75) is 39.3 Å². The molecule has 0 saturated heterocycles. The van der Waals surface area contributed by atoms with Crippen LogP contribution in [0.5, 0.6) is 0 Å². The molecule has 5 nitrogen and oxygen atoms in total. The largest absolute Gasteiger partial charge is 0.443 e. The molecule has 1 aromatic heterocycles. The maximum Gasteiger partial charge on any atom is 0.414 e. The van der Waals surface area contributed by atoms with Gasteiger partial charge in [-0.2, -0.15) is 0 Å². The molecule has 0 unspecified atom stereocenters. The smallest absolute Gasteiger partial charge is 0.414 e. The third kappa shape index (κ3) is 3.82. The molecule has 6 heteroatoms. The molecule has 3 rings (SSSR count). The Kier molecular flexibility index (Phi) is 4.26. The molecule has 1 aliphatic rings. The number of nitrogens with zero attached hydrogens (tertiary/aromatic N) is 2. The van der Waals surface area contributed by atoms with Gasteiger partial charge in [0.1, 0.15) is 10.6 Å². The number of thiazole rings is 1. The van der Waals surface area contributed by atoms with Gasteiger partial charge >= 0.3 is 6.09 Å². The molecule has 2 aromatic rings. The van der Waals surface area contributed by atoms with Crippen molar-refractivity contribution in [3.63, 3.8) is 0 Å². The zero-order chi connectivity index (χ0) is 16.4. The van der Waals surface area contributed by atoms with Gasteiger partial charge in [0.25, 0.3) is 0 Å². The fourth-order valence-corrected chi connectivity index (χ4v) is 3.09. The third-order valence-electron chi connectivity index (χ3n) is 3.52. The Bertz CT molecular complexity index is 692. The van der Waals surface area contributed by atoms with Crippen LogP contribution in [0.3, 0.4) is 0 Å². The molecule has 0 fully saturated rings. The summed E-state index contributed by atoms with van der Waals surface area (Å²) in [4.78, 5) is 18.2. The number of anilines is 2. The van der Waals surface area contributed by atoms with Gasteiger partial charge < -0.3 is 10.1 Å². The monoisotopic (exact) mass is 331 g/mol. The predicted molar refractivity (Wildman–Crippen MR) is 93.2 cm³/mol. The molecular formula is C17H21N3O2S. The van der Waals surface area contributed by atoms with Gasteiger partial charge in [-0.1, -0.05) is 0 Å². The Labute approximate surface area is 140 Å². The lowest BCUT2D eigenvalue weighted by Crippen LogP contribution is -2.35. The van der Waals surface area contributed by atoms with Crippen LogP contribution in [0.15, 0.2) is 29.8 Å². The van der Waals surface area contributed by atoms with Crippen molar-refractivity contribution in [2.75, 3.05) is 16.8 Å². The summed E-state index contributed by atoms with van der Waals surface area (Å²) in [5, 5.41) is 6.40. The minimum atomic E-state index is -0.477. The van der Waals surface area contributed by atoms with E-state index in [1.54, 1.807) is 16.2 Å². The highest BCUT2D eigenvalue weighted by atomic mass is 32.1. The van der Waals surface area contributed by atoms with Crippen LogP contribution in [-0.2, 0) is 17.7 Å². The third-order valence-corrected chi connectivity index (χ3v) is 4.30. The van der Waals surface area contributed by atoms with Gasteiger partial charge in [0, 0.05) is 23.8 Å². The Morgan fingerprint density at radius 2 is 2.26 bits per heavy atom. The number of aromatic nitrogens is 1. The second-order valence-electron chi connectivity index (χ2n) is 6.50. The van der Waals surface area contributed by atoms with Crippen molar-refractivity contribution >= 4 is 28.8 Å². The fourth-order valence-electron chi connectivity index (χ4n) is 2.54. The van der Waals surface area contributed by atoms with E-state index in [0.29, 0.717) is 13.1 Å². The number of carbonyl (C=O) groups excluding carboxylic acids is 1. The van der Waals surface area contributed by atoms with Crippen LogP contribution in [-0.4, -0.2) is 23.2 Å². The molecule has 0 bridgehead atoms. The molecule has 1 aromatic carbocycles. The van der Waals surface area contributed by atoms with Gasteiger partial charge in [0.15, 0.2) is 0 Å². The van der Waals surface area contributed by atoms with E-state index in [0.717, 1.165) is 22.8 Å². The van der Waals surface area contributed by atoms with Crippen molar-refractivity contribution < 1.29 is 9.53 Å². The van der Waals surface area contributed by atoms with Gasteiger partial charge in [-0.05, 0) is 51.0 Å². The molecule has 0 radical (unpaired) electrons. The molecule has 1 N–H and O–H groups in total. The second-order valence-corrected chi connectivity index (χ2v) is 7.48. The summed E-state index contributed by atoms with van der Waals surface area (Å²) < 4.78 is 5.47. The molecule has 0 aliphatic carbocycles. The molecular weight excluding hydrogens is 310 g/mol. The number of hydrogen-bond donors (Lipinski definition) is 1. The van der Waals surface area contributed by atoms with Crippen molar-refractivity contribution in [1.29, 1.82) is 0 Å². The highest BCUT2D eigenvalue weighted by Gasteiger charge is 2.28. The molecule has 1 amide bonds.